The van der Waals surface area contributed by atoms with Crippen molar-refractivity contribution in [2.75, 3.05) is 21.3 Å². The number of methoxy groups -OCH3 is 2. The molecule has 0 aliphatic heterocycles. The van der Waals surface area contributed by atoms with Gasteiger partial charge >= 0.3 is 5.97 Å². The van der Waals surface area contributed by atoms with Gasteiger partial charge < -0.3 is 19.1 Å². The summed E-state index contributed by atoms with van der Waals surface area (Å²) < 4.78 is 15.7. The summed E-state index contributed by atoms with van der Waals surface area (Å²) in [5, 5.41) is 0. The Bertz CT molecular complexity index is 775. The van der Waals surface area contributed by atoms with E-state index in [2.05, 4.69) is 0 Å². The molecule has 2 aromatic carbocycles. The summed E-state index contributed by atoms with van der Waals surface area (Å²) in [5.74, 6) is 0.394. The van der Waals surface area contributed by atoms with Gasteiger partial charge in [-0.2, -0.15) is 0 Å². The van der Waals surface area contributed by atoms with E-state index in [-0.39, 0.29) is 12.3 Å². The maximum Gasteiger partial charge on any atom is 0.311 e. The number of amides is 1. The van der Waals surface area contributed by atoms with Crippen LogP contribution in [-0.4, -0.2) is 44.1 Å². The third kappa shape index (κ3) is 5.74. The van der Waals surface area contributed by atoms with Gasteiger partial charge in [-0.15, -0.1) is 0 Å². The van der Waals surface area contributed by atoms with Crippen LogP contribution in [0.25, 0.3) is 0 Å². The molecule has 0 heterocycles. The number of hydrogen-bond donors (Lipinski definition) is 0. The predicted octanol–water partition coefficient (Wildman–Crippen LogP) is 2.84. The van der Waals surface area contributed by atoms with Crippen molar-refractivity contribution in [2.24, 2.45) is 0 Å². The van der Waals surface area contributed by atoms with Crippen LogP contribution in [0.15, 0.2) is 48.5 Å². The van der Waals surface area contributed by atoms with Crippen LogP contribution in [0.4, 0.5) is 0 Å². The second-order valence-electron chi connectivity index (χ2n) is 6.18. The van der Waals surface area contributed by atoms with Gasteiger partial charge in [0.25, 0.3) is 5.91 Å². The third-order valence-electron chi connectivity index (χ3n) is 4.09. The van der Waals surface area contributed by atoms with E-state index >= 15 is 0 Å². The highest BCUT2D eigenvalue weighted by Crippen LogP contribution is 2.27. The van der Waals surface area contributed by atoms with E-state index in [1.807, 2.05) is 30.3 Å². The van der Waals surface area contributed by atoms with E-state index in [0.29, 0.717) is 18.0 Å². The van der Waals surface area contributed by atoms with E-state index in [9.17, 15) is 9.59 Å². The number of hydrogen-bond acceptors (Lipinski definition) is 5. The Morgan fingerprint density at radius 2 is 1.63 bits per heavy atom. The molecule has 1 atom stereocenters. The molecule has 2 aromatic rings. The van der Waals surface area contributed by atoms with Crippen LogP contribution in [-0.2, 0) is 27.3 Å². The van der Waals surface area contributed by atoms with Crippen molar-refractivity contribution in [3.63, 3.8) is 0 Å². The van der Waals surface area contributed by atoms with Crippen molar-refractivity contribution < 1.29 is 23.8 Å². The summed E-state index contributed by atoms with van der Waals surface area (Å²) >= 11 is 0. The first-order valence-electron chi connectivity index (χ1n) is 8.64. The van der Waals surface area contributed by atoms with Crippen molar-refractivity contribution in [3.05, 3.63) is 59.7 Å². The molecule has 144 valence electrons. The zero-order chi connectivity index (χ0) is 19.8. The van der Waals surface area contributed by atoms with Gasteiger partial charge in [0, 0.05) is 13.6 Å². The van der Waals surface area contributed by atoms with Crippen molar-refractivity contribution in [1.82, 2.24) is 4.90 Å². The van der Waals surface area contributed by atoms with Gasteiger partial charge in [-0.3, -0.25) is 9.59 Å². The van der Waals surface area contributed by atoms with Crippen molar-refractivity contribution in [3.8, 4) is 11.5 Å². The van der Waals surface area contributed by atoms with E-state index < -0.39 is 12.1 Å². The van der Waals surface area contributed by atoms with Gasteiger partial charge in [0.1, 0.15) is 0 Å². The Labute approximate surface area is 159 Å². The molecule has 0 aliphatic carbocycles. The van der Waals surface area contributed by atoms with Crippen molar-refractivity contribution in [2.45, 2.75) is 26.0 Å². The molecular weight excluding hydrogens is 346 g/mol. The standard InChI is InChI=1S/C21H25NO5/c1-15(21(24)22(2)14-16-8-6-5-7-9-16)27-20(23)13-17-10-11-18(25-3)19(12-17)26-4/h5-12,15H,13-14H2,1-4H3/t15-/m0/s1. The summed E-state index contributed by atoms with van der Waals surface area (Å²) in [6.07, 6.45) is -0.813. The summed E-state index contributed by atoms with van der Waals surface area (Å²) in [6.45, 7) is 2.04. The number of benzene rings is 2. The van der Waals surface area contributed by atoms with Crippen LogP contribution in [0.5, 0.6) is 11.5 Å². The molecule has 0 spiro atoms. The number of carbonyl (C=O) groups excluding carboxylic acids is 2. The predicted molar refractivity (Wildman–Crippen MR) is 102 cm³/mol. The Hall–Kier alpha value is -3.02. The largest absolute Gasteiger partial charge is 0.493 e. The smallest absolute Gasteiger partial charge is 0.311 e. The van der Waals surface area contributed by atoms with E-state index in [1.54, 1.807) is 44.2 Å². The Morgan fingerprint density at radius 1 is 0.963 bits per heavy atom. The van der Waals surface area contributed by atoms with Crippen molar-refractivity contribution >= 4 is 11.9 Å². The van der Waals surface area contributed by atoms with E-state index in [4.69, 9.17) is 14.2 Å². The minimum absolute atomic E-state index is 0.0420. The molecule has 0 saturated heterocycles. The zero-order valence-electron chi connectivity index (χ0n) is 16.1. The van der Waals surface area contributed by atoms with Gasteiger partial charge in [-0.25, -0.2) is 0 Å². The number of ether oxygens (including phenoxy) is 3. The number of likely N-dealkylation sites (N-methyl/N-ethyl adjacent to an activating group) is 1. The lowest BCUT2D eigenvalue weighted by atomic mass is 10.1. The maximum absolute atomic E-state index is 12.4. The molecule has 0 unspecified atom stereocenters. The zero-order valence-corrected chi connectivity index (χ0v) is 16.1. The lowest BCUT2D eigenvalue weighted by molar-refractivity contribution is -0.158. The number of nitrogens with zero attached hydrogens (tertiary/aromatic N) is 1. The molecule has 0 bridgehead atoms. The topological polar surface area (TPSA) is 65.1 Å². The molecule has 0 saturated carbocycles. The lowest BCUT2D eigenvalue weighted by Crippen LogP contribution is -2.37. The first kappa shape index (κ1) is 20.3. The number of carbonyl (C=O) groups is 2. The molecule has 0 fully saturated rings. The van der Waals surface area contributed by atoms with Crippen LogP contribution in [0.3, 0.4) is 0 Å². The second kappa shape index (κ2) is 9.62. The maximum atomic E-state index is 12.4. The number of esters is 1. The fourth-order valence-corrected chi connectivity index (χ4v) is 2.69. The summed E-state index contributed by atoms with van der Waals surface area (Å²) in [7, 11) is 4.77. The molecule has 0 aromatic heterocycles. The summed E-state index contributed by atoms with van der Waals surface area (Å²) in [5.41, 5.74) is 1.73. The highest BCUT2D eigenvalue weighted by Gasteiger charge is 2.22. The fraction of sp³-hybridized carbons (Fsp3) is 0.333. The fourth-order valence-electron chi connectivity index (χ4n) is 2.69. The van der Waals surface area contributed by atoms with E-state index in [1.165, 1.54) is 7.11 Å². The first-order valence-corrected chi connectivity index (χ1v) is 8.64. The monoisotopic (exact) mass is 371 g/mol. The molecular formula is C21H25NO5. The van der Waals surface area contributed by atoms with Gasteiger partial charge in [0.05, 0.1) is 20.6 Å². The average Bonchev–Trinajstić information content (AvgIpc) is 2.67. The van der Waals surface area contributed by atoms with Crippen LogP contribution >= 0.6 is 0 Å². The SMILES string of the molecule is COc1ccc(CC(=O)O[C@@H](C)C(=O)N(C)Cc2ccccc2)cc1OC. The quantitative estimate of drug-likeness (QED) is 0.668. The Kier molecular flexibility index (Phi) is 7.23. The summed E-state index contributed by atoms with van der Waals surface area (Å²) in [6, 6.07) is 14.8. The first-order chi connectivity index (χ1) is 12.9. The van der Waals surface area contributed by atoms with Crippen LogP contribution < -0.4 is 9.47 Å². The van der Waals surface area contributed by atoms with Crippen LogP contribution in [0, 0.1) is 0 Å². The normalized spacial score (nSPS) is 11.4. The van der Waals surface area contributed by atoms with Crippen LogP contribution in [0.1, 0.15) is 18.1 Å². The van der Waals surface area contributed by atoms with Gasteiger partial charge in [0.15, 0.2) is 17.6 Å². The molecule has 1 amide bonds. The minimum atomic E-state index is -0.855. The van der Waals surface area contributed by atoms with Gasteiger partial charge in [-0.1, -0.05) is 36.4 Å². The minimum Gasteiger partial charge on any atom is -0.493 e. The van der Waals surface area contributed by atoms with Gasteiger partial charge in [0.2, 0.25) is 0 Å². The summed E-state index contributed by atoms with van der Waals surface area (Å²) in [4.78, 5) is 26.2. The van der Waals surface area contributed by atoms with Crippen molar-refractivity contribution in [1.29, 1.82) is 0 Å². The average molecular weight is 371 g/mol. The second-order valence-corrected chi connectivity index (χ2v) is 6.18. The Morgan fingerprint density at radius 3 is 2.26 bits per heavy atom. The lowest BCUT2D eigenvalue weighted by Gasteiger charge is -2.21. The molecule has 0 radical (unpaired) electrons. The molecule has 6 nitrogen and oxygen atoms in total. The van der Waals surface area contributed by atoms with Crippen LogP contribution in [0.2, 0.25) is 0 Å². The van der Waals surface area contributed by atoms with E-state index in [0.717, 1.165) is 11.1 Å². The molecule has 27 heavy (non-hydrogen) atoms. The number of rotatable bonds is 8. The molecule has 6 heteroatoms. The molecule has 0 N–H and O–H groups in total. The molecule has 2 rings (SSSR count). The highest BCUT2D eigenvalue weighted by atomic mass is 16.5. The highest BCUT2D eigenvalue weighted by molar-refractivity contribution is 5.83. The third-order valence-corrected chi connectivity index (χ3v) is 4.09. The van der Waals surface area contributed by atoms with Gasteiger partial charge in [-0.05, 0) is 30.2 Å². The molecule has 0 aliphatic rings. The Balaban J connectivity index is 1.91.